The van der Waals surface area contributed by atoms with Crippen molar-refractivity contribution in [1.82, 2.24) is 0 Å². The molecule has 45 heavy (non-hydrogen) atoms. The van der Waals surface area contributed by atoms with Gasteiger partial charge in [-0.25, -0.2) is 8.42 Å². The minimum atomic E-state index is -3.70. The molecule has 0 radical (unpaired) electrons. The van der Waals surface area contributed by atoms with Crippen molar-refractivity contribution in [1.29, 1.82) is 0 Å². The average molecular weight is 625 g/mol. The maximum atomic E-state index is 13.2. The summed E-state index contributed by atoms with van der Waals surface area (Å²) in [6, 6.07) is 28.7. The van der Waals surface area contributed by atoms with Crippen LogP contribution in [0.15, 0.2) is 127 Å². The lowest BCUT2D eigenvalue weighted by Crippen LogP contribution is -2.25. The van der Waals surface area contributed by atoms with Crippen molar-refractivity contribution in [2.45, 2.75) is 62.2 Å². The van der Waals surface area contributed by atoms with Crippen molar-refractivity contribution in [3.63, 3.8) is 0 Å². The summed E-state index contributed by atoms with van der Waals surface area (Å²) in [5.41, 5.74) is 4.89. The zero-order chi connectivity index (χ0) is 32.1. The van der Waals surface area contributed by atoms with E-state index < -0.39 is 9.84 Å². The molecular weight excluding hydrogens is 581 g/mol. The van der Waals surface area contributed by atoms with Gasteiger partial charge in [0.05, 0.1) is 32.5 Å². The highest BCUT2D eigenvalue weighted by Crippen LogP contribution is 2.28. The number of azo groups is 2. The van der Waals surface area contributed by atoms with Gasteiger partial charge in [0.15, 0.2) is 0 Å². The molecule has 0 N–H and O–H groups in total. The van der Waals surface area contributed by atoms with Gasteiger partial charge in [-0.2, -0.15) is 20.5 Å². The van der Waals surface area contributed by atoms with E-state index >= 15 is 0 Å². The first-order valence-electron chi connectivity index (χ1n) is 15.7. The third-order valence-electron chi connectivity index (χ3n) is 7.50. The first-order chi connectivity index (χ1) is 21.8. The first kappa shape index (κ1) is 33.5. The van der Waals surface area contributed by atoms with Gasteiger partial charge in [-0.1, -0.05) is 39.5 Å². The van der Waals surface area contributed by atoms with Gasteiger partial charge < -0.3 is 9.80 Å². The number of rotatable bonds is 16. The van der Waals surface area contributed by atoms with E-state index in [0.717, 1.165) is 24.5 Å². The minimum absolute atomic E-state index is 0.185. The molecule has 0 aliphatic rings. The number of unbranched alkanes of at least 4 members (excludes halogenated alkanes) is 4. The summed E-state index contributed by atoms with van der Waals surface area (Å²) in [7, 11) is 0.249. The van der Waals surface area contributed by atoms with Crippen LogP contribution in [0.2, 0.25) is 0 Å². The fourth-order valence-corrected chi connectivity index (χ4v) is 6.03. The molecule has 0 spiro atoms. The highest BCUT2D eigenvalue weighted by molar-refractivity contribution is 7.91. The fourth-order valence-electron chi connectivity index (χ4n) is 4.77. The largest absolute Gasteiger partial charge is 0.378 e. The maximum Gasteiger partial charge on any atom is 0.206 e. The quantitative estimate of drug-likeness (QED) is 0.0916. The molecule has 0 bridgehead atoms. The van der Waals surface area contributed by atoms with Gasteiger partial charge in [0.1, 0.15) is 0 Å². The van der Waals surface area contributed by atoms with Crippen LogP contribution in [0.3, 0.4) is 0 Å². The lowest BCUT2D eigenvalue weighted by molar-refractivity contribution is 0.596. The van der Waals surface area contributed by atoms with E-state index in [-0.39, 0.29) is 9.79 Å². The Morgan fingerprint density at radius 3 is 1.16 bits per heavy atom. The van der Waals surface area contributed by atoms with Gasteiger partial charge in [-0.3, -0.25) is 0 Å². The molecule has 236 valence electrons. The van der Waals surface area contributed by atoms with Crippen LogP contribution in [-0.4, -0.2) is 35.6 Å². The van der Waals surface area contributed by atoms with Crippen molar-refractivity contribution in [3.8, 4) is 0 Å². The van der Waals surface area contributed by atoms with E-state index in [1.54, 1.807) is 48.5 Å². The van der Waals surface area contributed by atoms with Gasteiger partial charge in [-0.15, -0.1) is 0 Å². The number of benzene rings is 4. The Kier molecular flexibility index (Phi) is 12.4. The number of sulfone groups is 1. The predicted octanol–water partition coefficient (Wildman–Crippen LogP) is 10.6. The molecule has 0 saturated heterocycles. The van der Waals surface area contributed by atoms with E-state index in [9.17, 15) is 8.42 Å². The van der Waals surface area contributed by atoms with Crippen LogP contribution in [0.5, 0.6) is 0 Å². The zero-order valence-electron chi connectivity index (χ0n) is 26.8. The number of hydrogen-bond acceptors (Lipinski definition) is 8. The summed E-state index contributed by atoms with van der Waals surface area (Å²) in [6.45, 7) is 6.59. The molecule has 0 saturated carbocycles. The molecule has 4 rings (SSSR count). The second-order valence-electron chi connectivity index (χ2n) is 11.2. The van der Waals surface area contributed by atoms with Gasteiger partial charge in [-0.05, 0) is 110 Å². The minimum Gasteiger partial charge on any atom is -0.378 e. The van der Waals surface area contributed by atoms with Crippen molar-refractivity contribution in [2.24, 2.45) is 20.5 Å². The third kappa shape index (κ3) is 9.81. The second kappa shape index (κ2) is 16.6. The monoisotopic (exact) mass is 624 g/mol. The Morgan fingerprint density at radius 1 is 0.489 bits per heavy atom. The first-order valence-corrected chi connectivity index (χ1v) is 17.2. The van der Waals surface area contributed by atoms with Gasteiger partial charge in [0.2, 0.25) is 9.84 Å². The van der Waals surface area contributed by atoms with Crippen LogP contribution in [0, 0.1) is 0 Å². The van der Waals surface area contributed by atoms with Crippen LogP contribution >= 0.6 is 0 Å². The summed E-state index contributed by atoms with van der Waals surface area (Å²) in [5, 5.41) is 17.2. The molecule has 0 fully saturated rings. The highest BCUT2D eigenvalue weighted by atomic mass is 32.2. The van der Waals surface area contributed by atoms with E-state index in [0.29, 0.717) is 17.1 Å². The molecule has 0 atom stereocenters. The predicted molar refractivity (Wildman–Crippen MR) is 185 cm³/mol. The highest BCUT2D eigenvalue weighted by Gasteiger charge is 2.17. The number of anilines is 2. The Balaban J connectivity index is 1.37. The molecule has 0 unspecified atom stereocenters. The summed E-state index contributed by atoms with van der Waals surface area (Å²) in [4.78, 5) is 4.85. The van der Waals surface area contributed by atoms with E-state index in [2.05, 4.69) is 51.3 Å². The fraction of sp³-hybridized carbons (Fsp3) is 0.333. The molecule has 0 amide bonds. The summed E-state index contributed by atoms with van der Waals surface area (Å²) in [6.07, 6.45) is 7.29. The lowest BCUT2D eigenvalue weighted by Gasteiger charge is -2.25. The van der Waals surface area contributed by atoms with Crippen LogP contribution in [0.25, 0.3) is 0 Å². The SMILES string of the molecule is CCCCCN(CCCCC)c1ccc(N=Nc2ccc(S(=O)(=O)c3ccc(N=Nc4ccc(N(C)C)cc4)cc3)cc2)cc1. The number of nitrogens with zero attached hydrogens (tertiary/aromatic N) is 6. The molecule has 4 aromatic carbocycles. The summed E-state index contributed by atoms with van der Waals surface area (Å²) < 4.78 is 26.5. The van der Waals surface area contributed by atoms with Crippen LogP contribution < -0.4 is 9.80 Å². The summed E-state index contributed by atoms with van der Waals surface area (Å²) >= 11 is 0. The van der Waals surface area contributed by atoms with E-state index in [4.69, 9.17) is 0 Å². The smallest absolute Gasteiger partial charge is 0.206 e. The zero-order valence-corrected chi connectivity index (χ0v) is 27.6. The van der Waals surface area contributed by atoms with Crippen molar-refractivity contribution in [3.05, 3.63) is 97.1 Å². The Morgan fingerprint density at radius 2 is 0.822 bits per heavy atom. The van der Waals surface area contributed by atoms with Crippen molar-refractivity contribution in [2.75, 3.05) is 37.0 Å². The topological polar surface area (TPSA) is 90.1 Å². The van der Waals surface area contributed by atoms with Crippen molar-refractivity contribution < 1.29 is 8.42 Å². The lowest BCUT2D eigenvalue weighted by atomic mass is 10.2. The molecule has 0 aliphatic heterocycles. The molecular formula is C36H44N6O2S. The van der Waals surface area contributed by atoms with Crippen molar-refractivity contribution >= 4 is 44.0 Å². The van der Waals surface area contributed by atoms with Gasteiger partial charge >= 0.3 is 0 Å². The van der Waals surface area contributed by atoms with E-state index in [1.807, 2.05) is 55.4 Å². The average Bonchev–Trinajstić information content (AvgIpc) is 3.06. The Labute approximate surface area is 268 Å². The molecule has 8 nitrogen and oxygen atoms in total. The third-order valence-corrected chi connectivity index (χ3v) is 9.29. The molecule has 0 aliphatic carbocycles. The van der Waals surface area contributed by atoms with Gasteiger partial charge in [0.25, 0.3) is 0 Å². The normalized spacial score (nSPS) is 11.8. The van der Waals surface area contributed by atoms with Crippen LogP contribution in [0.4, 0.5) is 34.1 Å². The van der Waals surface area contributed by atoms with Crippen LogP contribution in [0.1, 0.15) is 52.4 Å². The van der Waals surface area contributed by atoms with Gasteiger partial charge in [0, 0.05) is 38.6 Å². The summed E-state index contributed by atoms with van der Waals surface area (Å²) in [5.74, 6) is 0. The second-order valence-corrected chi connectivity index (χ2v) is 13.2. The molecule has 4 aromatic rings. The molecule has 9 heteroatoms. The number of hydrogen-bond donors (Lipinski definition) is 0. The Bertz CT molecular complexity index is 1620. The van der Waals surface area contributed by atoms with E-state index in [1.165, 1.54) is 44.2 Å². The molecule has 0 aromatic heterocycles. The van der Waals surface area contributed by atoms with Crippen LogP contribution in [-0.2, 0) is 9.84 Å². The Hall–Kier alpha value is -4.37. The maximum absolute atomic E-state index is 13.2. The standard InChI is InChI=1S/C36H44N6O2S/c1-5-7-9-27-42(28-10-8-6-2)34-21-13-30(14-22-34)38-40-32-17-25-36(26-18-32)45(43,44)35-23-15-31(16-24-35)39-37-29-11-19-33(20-12-29)41(3)4/h11-26H,5-10,27-28H2,1-4H3. The molecule has 0 heterocycles.